The van der Waals surface area contributed by atoms with Crippen molar-refractivity contribution in [2.24, 2.45) is 0 Å². The third-order valence-corrected chi connectivity index (χ3v) is 5.65. The summed E-state index contributed by atoms with van der Waals surface area (Å²) < 4.78 is 38.5. The maximum atomic E-state index is 12.8. The van der Waals surface area contributed by atoms with Gasteiger partial charge in [0.15, 0.2) is 0 Å². The molecule has 0 saturated heterocycles. The number of carbonyl (C=O) groups is 2. The van der Waals surface area contributed by atoms with E-state index >= 15 is 0 Å². The van der Waals surface area contributed by atoms with Crippen molar-refractivity contribution in [3.05, 3.63) is 52.5 Å². The largest absolute Gasteiger partial charge is 0.495 e. The molecule has 0 bridgehead atoms. The zero-order valence-corrected chi connectivity index (χ0v) is 17.8. The van der Waals surface area contributed by atoms with Crippen molar-refractivity contribution < 1.29 is 27.5 Å². The molecule has 10 heteroatoms. The van der Waals surface area contributed by atoms with E-state index in [1.54, 1.807) is 24.3 Å². The quantitative estimate of drug-likeness (QED) is 0.601. The highest BCUT2D eigenvalue weighted by Crippen LogP contribution is 2.27. The highest BCUT2D eigenvalue weighted by atomic mass is 79.9. The number of carbonyl (C=O) groups excluding carboxylic acids is 2. The Morgan fingerprint density at radius 3 is 2.29 bits per heavy atom. The van der Waals surface area contributed by atoms with Crippen LogP contribution in [-0.2, 0) is 19.6 Å². The van der Waals surface area contributed by atoms with Crippen LogP contribution in [0.2, 0.25) is 0 Å². The number of rotatable bonds is 7. The fraction of sp³-hybridized carbons (Fsp3) is 0.222. The Morgan fingerprint density at radius 1 is 1.07 bits per heavy atom. The molecule has 150 valence electrons. The molecule has 0 aliphatic heterocycles. The lowest BCUT2D eigenvalue weighted by molar-refractivity contribution is -0.142. The predicted molar refractivity (Wildman–Crippen MR) is 107 cm³/mol. The lowest BCUT2D eigenvalue weighted by Crippen LogP contribution is -2.39. The topological polar surface area (TPSA) is 111 Å². The van der Waals surface area contributed by atoms with E-state index < -0.39 is 27.9 Å². The molecule has 0 unspecified atom stereocenters. The van der Waals surface area contributed by atoms with Crippen LogP contribution >= 0.6 is 15.9 Å². The fourth-order valence-electron chi connectivity index (χ4n) is 2.27. The van der Waals surface area contributed by atoms with E-state index in [-0.39, 0.29) is 16.2 Å². The standard InChI is InChI=1S/C18H19BrN2O6S/c1-11(18(23)27-3)20-17(22)12-4-9-15(26-2)16(10-12)28(24,25)21-14-7-5-13(19)6-8-14/h4-11,21H,1-3H3,(H,20,22)/t11-/m1/s1. The molecule has 8 nitrogen and oxygen atoms in total. The van der Waals surface area contributed by atoms with Gasteiger partial charge >= 0.3 is 5.97 Å². The van der Waals surface area contributed by atoms with Crippen LogP contribution in [-0.4, -0.2) is 40.6 Å². The highest BCUT2D eigenvalue weighted by Gasteiger charge is 2.23. The SMILES string of the molecule is COC(=O)[C@@H](C)NC(=O)c1ccc(OC)c(S(=O)(=O)Nc2ccc(Br)cc2)c1. The molecular weight excluding hydrogens is 452 g/mol. The summed E-state index contributed by atoms with van der Waals surface area (Å²) >= 11 is 3.28. The molecule has 0 saturated carbocycles. The van der Waals surface area contributed by atoms with E-state index in [2.05, 4.69) is 30.7 Å². The van der Waals surface area contributed by atoms with Gasteiger partial charge in [0.1, 0.15) is 16.7 Å². The van der Waals surface area contributed by atoms with Crippen LogP contribution in [0.3, 0.4) is 0 Å². The molecule has 0 fully saturated rings. The fourth-order valence-corrected chi connectivity index (χ4v) is 3.79. The molecule has 2 aromatic carbocycles. The van der Waals surface area contributed by atoms with E-state index in [0.29, 0.717) is 5.69 Å². The second-order valence-corrected chi connectivity index (χ2v) is 8.26. The van der Waals surface area contributed by atoms with Gasteiger partial charge in [-0.25, -0.2) is 13.2 Å². The van der Waals surface area contributed by atoms with E-state index in [4.69, 9.17) is 4.74 Å². The van der Waals surface area contributed by atoms with Crippen molar-refractivity contribution >= 4 is 43.5 Å². The van der Waals surface area contributed by atoms with Crippen LogP contribution < -0.4 is 14.8 Å². The number of anilines is 1. The average molecular weight is 471 g/mol. The number of halogens is 1. The Balaban J connectivity index is 2.34. The molecule has 2 aromatic rings. The zero-order chi connectivity index (χ0) is 20.9. The van der Waals surface area contributed by atoms with Crippen molar-refractivity contribution in [3.8, 4) is 5.75 Å². The molecule has 1 atom stereocenters. The van der Waals surface area contributed by atoms with Crippen LogP contribution in [0, 0.1) is 0 Å². The number of methoxy groups -OCH3 is 2. The summed E-state index contributed by atoms with van der Waals surface area (Å²) in [5, 5.41) is 2.44. The monoisotopic (exact) mass is 470 g/mol. The number of ether oxygens (including phenoxy) is 2. The van der Waals surface area contributed by atoms with E-state index in [1.165, 1.54) is 39.3 Å². The van der Waals surface area contributed by atoms with Crippen molar-refractivity contribution in [1.29, 1.82) is 0 Å². The van der Waals surface area contributed by atoms with E-state index in [1.807, 2.05) is 0 Å². The molecular formula is C18H19BrN2O6S. The van der Waals surface area contributed by atoms with Gasteiger partial charge in [-0.05, 0) is 49.4 Å². The van der Waals surface area contributed by atoms with Gasteiger partial charge in [0.2, 0.25) is 0 Å². The minimum atomic E-state index is -4.04. The summed E-state index contributed by atoms with van der Waals surface area (Å²) in [6.07, 6.45) is 0. The van der Waals surface area contributed by atoms with Gasteiger partial charge in [0.05, 0.1) is 14.2 Å². The van der Waals surface area contributed by atoms with E-state index in [0.717, 1.165) is 4.47 Å². The summed E-state index contributed by atoms with van der Waals surface area (Å²) in [7, 11) is -1.50. The van der Waals surface area contributed by atoms with Crippen molar-refractivity contribution in [2.45, 2.75) is 17.9 Å². The Morgan fingerprint density at radius 2 is 1.71 bits per heavy atom. The first-order chi connectivity index (χ1) is 13.2. The summed E-state index contributed by atoms with van der Waals surface area (Å²) in [6.45, 7) is 1.46. The molecule has 2 rings (SSSR count). The highest BCUT2D eigenvalue weighted by molar-refractivity contribution is 9.10. The lowest BCUT2D eigenvalue weighted by Gasteiger charge is -2.15. The zero-order valence-electron chi connectivity index (χ0n) is 15.4. The molecule has 1 amide bonds. The number of nitrogens with one attached hydrogen (secondary N) is 2. The van der Waals surface area contributed by atoms with Crippen LogP contribution in [0.15, 0.2) is 51.8 Å². The maximum Gasteiger partial charge on any atom is 0.328 e. The van der Waals surface area contributed by atoms with Crippen molar-refractivity contribution in [3.63, 3.8) is 0 Å². The molecule has 0 aromatic heterocycles. The second-order valence-electron chi connectivity index (χ2n) is 5.70. The smallest absolute Gasteiger partial charge is 0.328 e. The van der Waals surface area contributed by atoms with Gasteiger partial charge in [0, 0.05) is 15.7 Å². The third-order valence-electron chi connectivity index (χ3n) is 3.71. The summed E-state index contributed by atoms with van der Waals surface area (Å²) in [5.74, 6) is -1.17. The molecule has 2 N–H and O–H groups in total. The first-order valence-electron chi connectivity index (χ1n) is 8.03. The molecule has 0 aliphatic rings. The molecule has 0 radical (unpaired) electrons. The Kier molecular flexibility index (Phi) is 7.03. The van der Waals surface area contributed by atoms with Crippen molar-refractivity contribution in [1.82, 2.24) is 5.32 Å². The van der Waals surface area contributed by atoms with Gasteiger partial charge in [-0.2, -0.15) is 0 Å². The van der Waals surface area contributed by atoms with Crippen LogP contribution in [0.25, 0.3) is 0 Å². The van der Waals surface area contributed by atoms with Crippen LogP contribution in [0.4, 0.5) is 5.69 Å². The minimum Gasteiger partial charge on any atom is -0.495 e. The van der Waals surface area contributed by atoms with Gasteiger partial charge in [-0.15, -0.1) is 0 Å². The van der Waals surface area contributed by atoms with Crippen molar-refractivity contribution in [2.75, 3.05) is 18.9 Å². The summed E-state index contributed by atoms with van der Waals surface area (Å²) in [6, 6.07) is 9.61. The summed E-state index contributed by atoms with van der Waals surface area (Å²) in [5.41, 5.74) is 0.396. The number of amides is 1. The number of sulfonamides is 1. The molecule has 0 aliphatic carbocycles. The van der Waals surface area contributed by atoms with Gasteiger partial charge in [0.25, 0.3) is 15.9 Å². The Bertz CT molecular complexity index is 976. The number of hydrogen-bond donors (Lipinski definition) is 2. The predicted octanol–water partition coefficient (Wildman–Crippen LogP) is 2.55. The van der Waals surface area contributed by atoms with E-state index in [9.17, 15) is 18.0 Å². The lowest BCUT2D eigenvalue weighted by atomic mass is 10.2. The molecule has 28 heavy (non-hydrogen) atoms. The average Bonchev–Trinajstić information content (AvgIpc) is 2.68. The first-order valence-corrected chi connectivity index (χ1v) is 10.3. The van der Waals surface area contributed by atoms with Crippen LogP contribution in [0.5, 0.6) is 5.75 Å². The number of hydrogen-bond acceptors (Lipinski definition) is 6. The third kappa shape index (κ3) is 5.23. The summed E-state index contributed by atoms with van der Waals surface area (Å²) in [4.78, 5) is 23.6. The molecule has 0 spiro atoms. The van der Waals surface area contributed by atoms with Crippen LogP contribution in [0.1, 0.15) is 17.3 Å². The second kappa shape index (κ2) is 9.07. The van der Waals surface area contributed by atoms with Gasteiger partial charge in [-0.1, -0.05) is 15.9 Å². The first kappa shape index (κ1) is 21.7. The Labute approximate surface area is 171 Å². The number of esters is 1. The number of benzene rings is 2. The molecule has 0 heterocycles. The minimum absolute atomic E-state index is 0.0488. The van der Waals surface area contributed by atoms with Gasteiger partial charge in [-0.3, -0.25) is 9.52 Å². The maximum absolute atomic E-state index is 12.8. The Hall–Kier alpha value is -2.59. The normalized spacial score (nSPS) is 12.0. The van der Waals surface area contributed by atoms with Gasteiger partial charge < -0.3 is 14.8 Å².